The molecule has 0 aliphatic heterocycles. The molecular weight excluding hydrogens is 279 g/mol. The van der Waals surface area contributed by atoms with Crippen LogP contribution in [0.2, 0.25) is 0 Å². The molecule has 0 aliphatic rings. The van der Waals surface area contributed by atoms with Gasteiger partial charge in [0.25, 0.3) is 0 Å². The van der Waals surface area contributed by atoms with Gasteiger partial charge in [-0.25, -0.2) is 4.39 Å². The first kappa shape index (κ1) is 18.9. The monoisotopic (exact) mass is 302 g/mol. The zero-order valence-electron chi connectivity index (χ0n) is 12.1. The van der Waals surface area contributed by atoms with E-state index in [0.29, 0.717) is 19.4 Å². The lowest BCUT2D eigenvalue weighted by Crippen LogP contribution is -2.52. The maximum Gasteiger partial charge on any atom is 0.220 e. The molecule has 114 valence electrons. The predicted octanol–water partition coefficient (Wildman–Crippen LogP) is 2.81. The van der Waals surface area contributed by atoms with E-state index in [4.69, 9.17) is 5.73 Å². The van der Waals surface area contributed by atoms with Crippen molar-refractivity contribution < 1.29 is 9.18 Å². The molecule has 0 aliphatic carbocycles. The van der Waals surface area contributed by atoms with Crippen LogP contribution in [0.15, 0.2) is 24.3 Å². The van der Waals surface area contributed by atoms with Gasteiger partial charge in [0.2, 0.25) is 5.91 Å². The summed E-state index contributed by atoms with van der Waals surface area (Å²) < 4.78 is 12.8. The van der Waals surface area contributed by atoms with Gasteiger partial charge in [-0.05, 0) is 37.0 Å². The minimum atomic E-state index is -0.292. The number of hydrogen-bond donors (Lipinski definition) is 2. The van der Waals surface area contributed by atoms with Gasteiger partial charge < -0.3 is 11.1 Å². The van der Waals surface area contributed by atoms with E-state index >= 15 is 0 Å². The van der Waals surface area contributed by atoms with Gasteiger partial charge in [-0.15, -0.1) is 12.4 Å². The molecule has 0 saturated heterocycles. The van der Waals surface area contributed by atoms with Gasteiger partial charge in [-0.2, -0.15) is 0 Å². The normalized spacial score (nSPS) is 10.8. The fourth-order valence-corrected chi connectivity index (χ4v) is 2.03. The molecule has 1 aromatic rings. The zero-order chi connectivity index (χ0) is 14.3. The second-order valence-electron chi connectivity index (χ2n) is 4.87. The van der Waals surface area contributed by atoms with Crippen molar-refractivity contribution in [3.63, 3.8) is 0 Å². The molecule has 0 saturated carbocycles. The van der Waals surface area contributed by atoms with Gasteiger partial charge in [0.1, 0.15) is 5.82 Å². The Hall–Kier alpha value is -1.13. The number of amides is 1. The number of carbonyl (C=O) groups is 1. The Kier molecular flexibility index (Phi) is 8.42. The number of nitrogens with two attached hydrogens (primary N) is 1. The second kappa shape index (κ2) is 8.93. The van der Waals surface area contributed by atoms with Crippen LogP contribution in [-0.2, 0) is 11.2 Å². The van der Waals surface area contributed by atoms with Crippen LogP contribution in [0.25, 0.3) is 0 Å². The summed E-state index contributed by atoms with van der Waals surface area (Å²) in [4.78, 5) is 11.9. The summed E-state index contributed by atoms with van der Waals surface area (Å²) in [5, 5.41) is 3.02. The number of rotatable bonds is 7. The quantitative estimate of drug-likeness (QED) is 0.814. The summed E-state index contributed by atoms with van der Waals surface area (Å²) in [5.74, 6) is -0.259. The fourth-order valence-electron chi connectivity index (χ4n) is 2.03. The van der Waals surface area contributed by atoms with Crippen LogP contribution < -0.4 is 11.1 Å². The van der Waals surface area contributed by atoms with Gasteiger partial charge >= 0.3 is 0 Å². The van der Waals surface area contributed by atoms with Gasteiger partial charge in [0.15, 0.2) is 0 Å². The third kappa shape index (κ3) is 5.47. The molecule has 3 N–H and O–H groups in total. The average molecular weight is 303 g/mol. The van der Waals surface area contributed by atoms with Crippen molar-refractivity contribution in [3.05, 3.63) is 35.6 Å². The molecular formula is C15H24ClFN2O. The molecule has 0 atom stereocenters. The first-order valence-electron chi connectivity index (χ1n) is 6.80. The summed E-state index contributed by atoms with van der Waals surface area (Å²) in [6, 6.07) is 6.24. The Morgan fingerprint density at radius 3 is 2.25 bits per heavy atom. The van der Waals surface area contributed by atoms with E-state index in [1.165, 1.54) is 12.1 Å². The van der Waals surface area contributed by atoms with E-state index in [1.807, 2.05) is 13.8 Å². The first-order valence-corrected chi connectivity index (χ1v) is 6.80. The van der Waals surface area contributed by atoms with Crippen molar-refractivity contribution in [2.75, 3.05) is 6.54 Å². The molecule has 0 spiro atoms. The number of nitrogens with one attached hydrogen (secondary N) is 1. The lowest BCUT2D eigenvalue weighted by molar-refractivity contribution is -0.123. The highest BCUT2D eigenvalue weighted by molar-refractivity contribution is 5.85. The summed E-state index contributed by atoms with van der Waals surface area (Å²) in [6.07, 6.45) is 2.65. The minimum absolute atomic E-state index is 0. The molecule has 1 aromatic carbocycles. The molecule has 1 amide bonds. The summed E-state index contributed by atoms with van der Waals surface area (Å²) in [7, 11) is 0. The molecule has 1 rings (SSSR count). The van der Waals surface area contributed by atoms with Gasteiger partial charge in [0, 0.05) is 13.0 Å². The molecule has 5 heteroatoms. The standard InChI is InChI=1S/C15H23FN2O.ClH/c1-3-15(4-2,11-17)18-14(19)10-7-12-5-8-13(16)9-6-12;/h5-6,8-9H,3-4,7,10-11,17H2,1-2H3,(H,18,19);1H. The number of carbonyl (C=O) groups excluding carboxylic acids is 1. The van der Waals surface area contributed by atoms with E-state index < -0.39 is 0 Å². The number of aryl methyl sites for hydroxylation is 1. The molecule has 0 unspecified atom stereocenters. The van der Waals surface area contributed by atoms with Crippen molar-refractivity contribution in [1.29, 1.82) is 0 Å². The maximum atomic E-state index is 12.8. The van der Waals surface area contributed by atoms with E-state index in [-0.39, 0.29) is 29.7 Å². The average Bonchev–Trinajstić information content (AvgIpc) is 2.44. The Balaban J connectivity index is 0.00000361. The smallest absolute Gasteiger partial charge is 0.220 e. The first-order chi connectivity index (χ1) is 9.05. The van der Waals surface area contributed by atoms with Crippen molar-refractivity contribution in [3.8, 4) is 0 Å². The van der Waals surface area contributed by atoms with E-state index in [2.05, 4.69) is 5.32 Å². The van der Waals surface area contributed by atoms with Gasteiger partial charge in [0.05, 0.1) is 5.54 Å². The van der Waals surface area contributed by atoms with E-state index in [9.17, 15) is 9.18 Å². The van der Waals surface area contributed by atoms with Crippen molar-refractivity contribution >= 4 is 18.3 Å². The number of hydrogen-bond acceptors (Lipinski definition) is 2. The maximum absolute atomic E-state index is 12.8. The molecule has 0 bridgehead atoms. The van der Waals surface area contributed by atoms with Crippen LogP contribution in [0.4, 0.5) is 4.39 Å². The van der Waals surface area contributed by atoms with Crippen LogP contribution in [-0.4, -0.2) is 18.0 Å². The Morgan fingerprint density at radius 1 is 1.25 bits per heavy atom. The lowest BCUT2D eigenvalue weighted by atomic mass is 9.92. The summed E-state index contributed by atoms with van der Waals surface area (Å²) >= 11 is 0. The van der Waals surface area contributed by atoms with E-state index in [1.54, 1.807) is 12.1 Å². The van der Waals surface area contributed by atoms with Gasteiger partial charge in [-0.3, -0.25) is 4.79 Å². The predicted molar refractivity (Wildman–Crippen MR) is 82.5 cm³/mol. The molecule has 0 aromatic heterocycles. The third-order valence-electron chi connectivity index (χ3n) is 3.70. The van der Waals surface area contributed by atoms with Crippen LogP contribution in [0.5, 0.6) is 0 Å². The Morgan fingerprint density at radius 2 is 1.80 bits per heavy atom. The van der Waals surface area contributed by atoms with Crippen LogP contribution >= 0.6 is 12.4 Å². The third-order valence-corrected chi connectivity index (χ3v) is 3.70. The fraction of sp³-hybridized carbons (Fsp3) is 0.533. The highest BCUT2D eigenvalue weighted by Crippen LogP contribution is 2.14. The minimum Gasteiger partial charge on any atom is -0.349 e. The molecule has 3 nitrogen and oxygen atoms in total. The molecule has 0 fully saturated rings. The van der Waals surface area contributed by atoms with Crippen LogP contribution in [0, 0.1) is 5.82 Å². The lowest BCUT2D eigenvalue weighted by Gasteiger charge is -2.31. The van der Waals surface area contributed by atoms with E-state index in [0.717, 1.165) is 18.4 Å². The number of benzene rings is 1. The zero-order valence-corrected chi connectivity index (χ0v) is 12.9. The van der Waals surface area contributed by atoms with Crippen molar-refractivity contribution in [1.82, 2.24) is 5.32 Å². The SMILES string of the molecule is CCC(CC)(CN)NC(=O)CCc1ccc(F)cc1.Cl. The highest BCUT2D eigenvalue weighted by Gasteiger charge is 2.25. The van der Waals surface area contributed by atoms with Gasteiger partial charge in [-0.1, -0.05) is 26.0 Å². The van der Waals surface area contributed by atoms with Crippen LogP contribution in [0.3, 0.4) is 0 Å². The van der Waals surface area contributed by atoms with Crippen molar-refractivity contribution in [2.45, 2.75) is 45.1 Å². The molecule has 20 heavy (non-hydrogen) atoms. The highest BCUT2D eigenvalue weighted by atomic mass is 35.5. The topological polar surface area (TPSA) is 55.1 Å². The molecule has 0 heterocycles. The van der Waals surface area contributed by atoms with Crippen LogP contribution in [0.1, 0.15) is 38.7 Å². The largest absolute Gasteiger partial charge is 0.349 e. The Labute approximate surface area is 126 Å². The van der Waals surface area contributed by atoms with Crippen molar-refractivity contribution in [2.24, 2.45) is 5.73 Å². The second-order valence-corrected chi connectivity index (χ2v) is 4.87. The summed E-state index contributed by atoms with van der Waals surface area (Å²) in [5.41, 5.74) is 6.41. The summed E-state index contributed by atoms with van der Waals surface area (Å²) in [6.45, 7) is 4.50. The Bertz CT molecular complexity index is 397. The molecule has 0 radical (unpaired) electrons. The number of halogens is 2.